The van der Waals surface area contributed by atoms with E-state index in [0.29, 0.717) is 6.54 Å². The molecule has 4 heteroatoms. The standard InChI is InChI=1S/C16H26N4/c1-4-8-19(13-16(2,3)12-17)10-14-11-20-9-6-5-7-15(20)18-14/h5-7,9,11H,4,8,10,12-13,17H2,1-3H3. The Kier molecular flexibility index (Phi) is 4.78. The van der Waals surface area contributed by atoms with Crippen LogP contribution in [0.1, 0.15) is 32.9 Å². The zero-order chi connectivity index (χ0) is 14.6. The van der Waals surface area contributed by atoms with E-state index in [0.717, 1.165) is 37.4 Å². The molecule has 2 heterocycles. The summed E-state index contributed by atoms with van der Waals surface area (Å²) in [4.78, 5) is 7.13. The number of pyridine rings is 1. The largest absolute Gasteiger partial charge is 0.330 e. The third kappa shape index (κ3) is 3.81. The highest BCUT2D eigenvalue weighted by Crippen LogP contribution is 2.17. The van der Waals surface area contributed by atoms with Crippen molar-refractivity contribution in [1.29, 1.82) is 0 Å². The molecule has 0 fully saturated rings. The Bertz CT molecular complexity index is 511. The van der Waals surface area contributed by atoms with E-state index < -0.39 is 0 Å². The second-order valence-corrected chi connectivity index (χ2v) is 6.28. The summed E-state index contributed by atoms with van der Waals surface area (Å²) < 4.78 is 2.08. The normalized spacial score (nSPS) is 12.4. The van der Waals surface area contributed by atoms with Gasteiger partial charge in [-0.25, -0.2) is 4.98 Å². The molecular weight excluding hydrogens is 248 g/mol. The lowest BCUT2D eigenvalue weighted by molar-refractivity contribution is 0.174. The summed E-state index contributed by atoms with van der Waals surface area (Å²) in [6.07, 6.45) is 5.31. The van der Waals surface area contributed by atoms with Crippen molar-refractivity contribution in [3.63, 3.8) is 0 Å². The molecule has 0 saturated carbocycles. The Balaban J connectivity index is 2.10. The SMILES string of the molecule is CCCN(Cc1cn2ccccc2n1)CC(C)(C)CN. The van der Waals surface area contributed by atoms with E-state index in [1.807, 2.05) is 24.4 Å². The molecule has 4 nitrogen and oxygen atoms in total. The van der Waals surface area contributed by atoms with Gasteiger partial charge in [0.05, 0.1) is 5.69 Å². The second-order valence-electron chi connectivity index (χ2n) is 6.28. The van der Waals surface area contributed by atoms with Gasteiger partial charge in [0, 0.05) is 25.5 Å². The molecule has 20 heavy (non-hydrogen) atoms. The first-order chi connectivity index (χ1) is 9.54. The average Bonchev–Trinajstić information content (AvgIpc) is 2.80. The molecule has 0 aliphatic carbocycles. The second kappa shape index (κ2) is 6.37. The maximum absolute atomic E-state index is 5.86. The topological polar surface area (TPSA) is 46.6 Å². The summed E-state index contributed by atoms with van der Waals surface area (Å²) >= 11 is 0. The molecule has 0 atom stereocenters. The lowest BCUT2D eigenvalue weighted by atomic mass is 9.93. The van der Waals surface area contributed by atoms with E-state index in [9.17, 15) is 0 Å². The van der Waals surface area contributed by atoms with E-state index in [-0.39, 0.29) is 5.41 Å². The van der Waals surface area contributed by atoms with Gasteiger partial charge in [-0.1, -0.05) is 26.8 Å². The fourth-order valence-corrected chi connectivity index (χ4v) is 2.49. The fourth-order valence-electron chi connectivity index (χ4n) is 2.49. The first kappa shape index (κ1) is 15.0. The van der Waals surface area contributed by atoms with Crippen molar-refractivity contribution >= 4 is 5.65 Å². The van der Waals surface area contributed by atoms with E-state index in [4.69, 9.17) is 5.73 Å². The van der Waals surface area contributed by atoms with Crippen LogP contribution in [0.3, 0.4) is 0 Å². The quantitative estimate of drug-likeness (QED) is 0.844. The molecule has 0 spiro atoms. The van der Waals surface area contributed by atoms with E-state index in [2.05, 4.69) is 41.3 Å². The third-order valence-electron chi connectivity index (χ3n) is 3.54. The van der Waals surface area contributed by atoms with Crippen molar-refractivity contribution in [3.05, 3.63) is 36.3 Å². The summed E-state index contributed by atoms with van der Waals surface area (Å²) in [5.41, 5.74) is 8.14. The summed E-state index contributed by atoms with van der Waals surface area (Å²) in [6, 6.07) is 6.09. The van der Waals surface area contributed by atoms with Crippen LogP contribution in [0.5, 0.6) is 0 Å². The molecule has 0 aliphatic heterocycles. The van der Waals surface area contributed by atoms with Crippen molar-refractivity contribution < 1.29 is 0 Å². The Morgan fingerprint density at radius 3 is 2.80 bits per heavy atom. The average molecular weight is 274 g/mol. The molecule has 0 aliphatic rings. The Morgan fingerprint density at radius 1 is 1.35 bits per heavy atom. The van der Waals surface area contributed by atoms with Crippen molar-refractivity contribution in [3.8, 4) is 0 Å². The minimum atomic E-state index is 0.147. The van der Waals surface area contributed by atoms with Crippen molar-refractivity contribution in [2.24, 2.45) is 11.1 Å². The van der Waals surface area contributed by atoms with Gasteiger partial charge in [0.2, 0.25) is 0 Å². The Labute approximate surface area is 121 Å². The van der Waals surface area contributed by atoms with Crippen LogP contribution in [-0.2, 0) is 6.54 Å². The summed E-state index contributed by atoms with van der Waals surface area (Å²) in [7, 11) is 0. The zero-order valence-corrected chi connectivity index (χ0v) is 12.8. The summed E-state index contributed by atoms with van der Waals surface area (Å²) in [5, 5.41) is 0. The van der Waals surface area contributed by atoms with Crippen LogP contribution in [0.2, 0.25) is 0 Å². The van der Waals surface area contributed by atoms with Crippen molar-refractivity contribution in [1.82, 2.24) is 14.3 Å². The van der Waals surface area contributed by atoms with Gasteiger partial charge in [-0.15, -0.1) is 0 Å². The van der Waals surface area contributed by atoms with Gasteiger partial charge < -0.3 is 10.1 Å². The van der Waals surface area contributed by atoms with Crippen LogP contribution >= 0.6 is 0 Å². The predicted octanol–water partition coefficient (Wildman–Crippen LogP) is 2.53. The smallest absolute Gasteiger partial charge is 0.137 e. The molecule has 0 aromatic carbocycles. The first-order valence-corrected chi connectivity index (χ1v) is 7.39. The van der Waals surface area contributed by atoms with Crippen LogP contribution in [0.25, 0.3) is 5.65 Å². The number of nitrogens with zero attached hydrogens (tertiary/aromatic N) is 3. The first-order valence-electron chi connectivity index (χ1n) is 7.39. The summed E-state index contributed by atoms with van der Waals surface area (Å²) in [6.45, 7) is 10.3. The highest BCUT2D eigenvalue weighted by Gasteiger charge is 2.20. The molecule has 0 amide bonds. The number of nitrogens with two attached hydrogens (primary N) is 1. The number of rotatable bonds is 7. The predicted molar refractivity (Wildman–Crippen MR) is 83.6 cm³/mol. The molecular formula is C16H26N4. The Morgan fingerprint density at radius 2 is 2.15 bits per heavy atom. The molecule has 110 valence electrons. The van der Waals surface area contributed by atoms with Gasteiger partial charge in [-0.2, -0.15) is 0 Å². The summed E-state index contributed by atoms with van der Waals surface area (Å²) in [5.74, 6) is 0. The van der Waals surface area contributed by atoms with Crippen LogP contribution in [-0.4, -0.2) is 33.9 Å². The molecule has 2 aromatic rings. The number of fused-ring (bicyclic) bond motifs is 1. The van der Waals surface area contributed by atoms with Gasteiger partial charge in [-0.3, -0.25) is 4.90 Å². The minimum Gasteiger partial charge on any atom is -0.330 e. The Hall–Kier alpha value is -1.39. The number of hydrogen-bond donors (Lipinski definition) is 1. The molecule has 2 N–H and O–H groups in total. The van der Waals surface area contributed by atoms with Gasteiger partial charge in [-0.05, 0) is 37.1 Å². The number of hydrogen-bond acceptors (Lipinski definition) is 3. The molecule has 0 bridgehead atoms. The van der Waals surface area contributed by atoms with Crippen LogP contribution in [0.4, 0.5) is 0 Å². The maximum Gasteiger partial charge on any atom is 0.137 e. The molecule has 0 unspecified atom stereocenters. The number of aromatic nitrogens is 2. The fraction of sp³-hybridized carbons (Fsp3) is 0.562. The lowest BCUT2D eigenvalue weighted by Gasteiger charge is -2.31. The third-order valence-corrected chi connectivity index (χ3v) is 3.54. The molecule has 0 radical (unpaired) electrons. The molecule has 2 rings (SSSR count). The zero-order valence-electron chi connectivity index (χ0n) is 12.8. The van der Waals surface area contributed by atoms with Gasteiger partial charge >= 0.3 is 0 Å². The highest BCUT2D eigenvalue weighted by atomic mass is 15.1. The maximum atomic E-state index is 5.86. The van der Waals surface area contributed by atoms with Crippen LogP contribution < -0.4 is 5.73 Å². The van der Waals surface area contributed by atoms with Gasteiger partial charge in [0.1, 0.15) is 5.65 Å². The van der Waals surface area contributed by atoms with E-state index >= 15 is 0 Å². The lowest BCUT2D eigenvalue weighted by Crippen LogP contribution is -2.38. The molecule has 0 saturated heterocycles. The van der Waals surface area contributed by atoms with E-state index in [1.54, 1.807) is 0 Å². The molecule has 2 aromatic heterocycles. The monoisotopic (exact) mass is 274 g/mol. The van der Waals surface area contributed by atoms with Crippen LogP contribution in [0, 0.1) is 5.41 Å². The van der Waals surface area contributed by atoms with Gasteiger partial charge in [0.25, 0.3) is 0 Å². The van der Waals surface area contributed by atoms with Crippen molar-refractivity contribution in [2.75, 3.05) is 19.6 Å². The number of imidazole rings is 1. The van der Waals surface area contributed by atoms with Crippen molar-refractivity contribution in [2.45, 2.75) is 33.7 Å². The minimum absolute atomic E-state index is 0.147. The highest BCUT2D eigenvalue weighted by molar-refractivity contribution is 5.39. The van der Waals surface area contributed by atoms with Crippen LogP contribution in [0.15, 0.2) is 30.6 Å². The van der Waals surface area contributed by atoms with E-state index in [1.165, 1.54) is 0 Å². The van der Waals surface area contributed by atoms with Gasteiger partial charge in [0.15, 0.2) is 0 Å².